The third kappa shape index (κ3) is 3.51. The number of benzene rings is 2. The van der Waals surface area contributed by atoms with Gasteiger partial charge in [-0.1, -0.05) is 31.2 Å². The highest BCUT2D eigenvalue weighted by molar-refractivity contribution is 5.96. The van der Waals surface area contributed by atoms with E-state index < -0.39 is 0 Å². The van der Waals surface area contributed by atoms with Crippen LogP contribution in [0.4, 0.5) is 10.1 Å². The summed E-state index contributed by atoms with van der Waals surface area (Å²) in [5.74, 6) is -0.705. The number of nitrogens with one attached hydrogen (secondary N) is 2. The maximum atomic E-state index is 13.0. The number of carbonyl (C=O) groups is 1. The van der Waals surface area contributed by atoms with E-state index in [-0.39, 0.29) is 17.6 Å². The molecule has 122 valence electrons. The molecule has 0 aliphatic carbocycles. The molecule has 24 heavy (non-hydrogen) atoms. The van der Waals surface area contributed by atoms with Gasteiger partial charge in [0.15, 0.2) is 0 Å². The summed E-state index contributed by atoms with van der Waals surface area (Å²) in [5, 5.41) is 9.62. The molecular formula is C19H18FN3O. The van der Waals surface area contributed by atoms with Gasteiger partial charge < -0.3 is 5.32 Å². The van der Waals surface area contributed by atoms with E-state index in [1.54, 1.807) is 18.3 Å². The standard InChI is InChI=1S/C19H18FN3O/c1-2-18(14-3-7-16(20)8-4-14)19(24)23-17-9-5-13(6-10-17)15-11-21-22-12-15/h3-12,18H,2H2,1H3,(H,21,22)(H,23,24). The number of carbonyl (C=O) groups excluding carboxylic acids is 1. The SMILES string of the molecule is CCC(C(=O)Nc1ccc(-c2cn[nH]c2)cc1)c1ccc(F)cc1. The molecule has 0 aliphatic rings. The lowest BCUT2D eigenvalue weighted by Crippen LogP contribution is -2.20. The molecule has 0 spiro atoms. The highest BCUT2D eigenvalue weighted by atomic mass is 19.1. The van der Waals surface area contributed by atoms with Crippen molar-refractivity contribution in [1.82, 2.24) is 10.2 Å². The Morgan fingerprint density at radius 1 is 1.12 bits per heavy atom. The first-order chi connectivity index (χ1) is 11.7. The van der Waals surface area contributed by atoms with Crippen molar-refractivity contribution in [2.75, 3.05) is 5.32 Å². The largest absolute Gasteiger partial charge is 0.326 e. The molecule has 5 heteroatoms. The van der Waals surface area contributed by atoms with E-state index in [1.165, 1.54) is 12.1 Å². The van der Waals surface area contributed by atoms with Crippen LogP contribution < -0.4 is 5.32 Å². The number of anilines is 1. The number of hydrogen-bond donors (Lipinski definition) is 2. The number of aromatic nitrogens is 2. The zero-order valence-corrected chi connectivity index (χ0v) is 13.3. The van der Waals surface area contributed by atoms with E-state index in [9.17, 15) is 9.18 Å². The predicted octanol–water partition coefficient (Wildman–Crippen LogP) is 4.35. The molecule has 1 atom stereocenters. The van der Waals surface area contributed by atoms with Crippen LogP contribution in [0.1, 0.15) is 24.8 Å². The molecule has 1 aromatic heterocycles. The van der Waals surface area contributed by atoms with Gasteiger partial charge in [-0.3, -0.25) is 9.89 Å². The summed E-state index contributed by atoms with van der Waals surface area (Å²) < 4.78 is 13.0. The molecule has 0 radical (unpaired) electrons. The molecule has 0 saturated carbocycles. The minimum absolute atomic E-state index is 0.0971. The zero-order chi connectivity index (χ0) is 16.9. The van der Waals surface area contributed by atoms with Gasteiger partial charge in [-0.15, -0.1) is 0 Å². The predicted molar refractivity (Wildman–Crippen MR) is 92.1 cm³/mol. The highest BCUT2D eigenvalue weighted by Gasteiger charge is 2.18. The maximum Gasteiger partial charge on any atom is 0.231 e. The van der Waals surface area contributed by atoms with Gasteiger partial charge in [-0.25, -0.2) is 4.39 Å². The van der Waals surface area contributed by atoms with Gasteiger partial charge in [0.05, 0.1) is 12.1 Å². The Hall–Kier alpha value is -2.95. The van der Waals surface area contributed by atoms with Crippen LogP contribution in [0.2, 0.25) is 0 Å². The van der Waals surface area contributed by atoms with Gasteiger partial charge in [0, 0.05) is 17.4 Å². The summed E-state index contributed by atoms with van der Waals surface area (Å²) in [6.07, 6.45) is 4.20. The monoisotopic (exact) mass is 323 g/mol. The number of rotatable bonds is 5. The van der Waals surface area contributed by atoms with Crippen LogP contribution in [-0.2, 0) is 4.79 Å². The fourth-order valence-electron chi connectivity index (χ4n) is 2.65. The van der Waals surface area contributed by atoms with Gasteiger partial charge in [0.2, 0.25) is 5.91 Å². The molecule has 4 nitrogen and oxygen atoms in total. The molecule has 0 aliphatic heterocycles. The third-order valence-corrected chi connectivity index (χ3v) is 3.98. The van der Waals surface area contributed by atoms with E-state index in [0.29, 0.717) is 6.42 Å². The molecule has 0 fully saturated rings. The second-order valence-corrected chi connectivity index (χ2v) is 5.57. The summed E-state index contributed by atoms with van der Waals surface area (Å²) in [7, 11) is 0. The van der Waals surface area contributed by atoms with Crippen LogP contribution in [0.15, 0.2) is 60.9 Å². The Kier molecular flexibility index (Phi) is 4.70. The zero-order valence-electron chi connectivity index (χ0n) is 13.3. The molecule has 0 bridgehead atoms. The number of nitrogens with zero attached hydrogens (tertiary/aromatic N) is 1. The van der Waals surface area contributed by atoms with E-state index in [1.807, 2.05) is 37.4 Å². The summed E-state index contributed by atoms with van der Waals surface area (Å²) >= 11 is 0. The second-order valence-electron chi connectivity index (χ2n) is 5.57. The molecule has 1 unspecified atom stereocenters. The number of amides is 1. The fraction of sp³-hybridized carbons (Fsp3) is 0.158. The van der Waals surface area contributed by atoms with Crippen molar-refractivity contribution in [3.8, 4) is 11.1 Å². The minimum atomic E-state index is -0.306. The lowest BCUT2D eigenvalue weighted by atomic mass is 9.95. The van der Waals surface area contributed by atoms with Crippen molar-refractivity contribution in [3.05, 3.63) is 72.3 Å². The first-order valence-corrected chi connectivity index (χ1v) is 7.83. The number of halogens is 1. The summed E-state index contributed by atoms with van der Waals surface area (Å²) in [6.45, 7) is 1.94. The van der Waals surface area contributed by atoms with E-state index in [4.69, 9.17) is 0 Å². The van der Waals surface area contributed by atoms with Crippen molar-refractivity contribution in [2.24, 2.45) is 0 Å². The van der Waals surface area contributed by atoms with Crippen LogP contribution in [0.5, 0.6) is 0 Å². The number of hydrogen-bond acceptors (Lipinski definition) is 2. The average molecular weight is 323 g/mol. The van der Waals surface area contributed by atoms with E-state index in [2.05, 4.69) is 15.5 Å². The van der Waals surface area contributed by atoms with Crippen molar-refractivity contribution in [1.29, 1.82) is 0 Å². The summed E-state index contributed by atoms with van der Waals surface area (Å²) in [4.78, 5) is 12.5. The Labute approximate surface area is 139 Å². The topological polar surface area (TPSA) is 57.8 Å². The smallest absolute Gasteiger partial charge is 0.231 e. The second kappa shape index (κ2) is 7.08. The van der Waals surface area contributed by atoms with Gasteiger partial charge in [-0.2, -0.15) is 5.10 Å². The molecule has 3 aromatic rings. The van der Waals surface area contributed by atoms with Crippen LogP contribution in [0, 0.1) is 5.82 Å². The van der Waals surface area contributed by atoms with Crippen LogP contribution in [0.25, 0.3) is 11.1 Å². The first-order valence-electron chi connectivity index (χ1n) is 7.83. The summed E-state index contributed by atoms with van der Waals surface area (Å²) in [5.41, 5.74) is 3.55. The van der Waals surface area contributed by atoms with Gasteiger partial charge >= 0.3 is 0 Å². The Morgan fingerprint density at radius 3 is 2.42 bits per heavy atom. The third-order valence-electron chi connectivity index (χ3n) is 3.98. The summed E-state index contributed by atoms with van der Waals surface area (Å²) in [6, 6.07) is 13.7. The lowest BCUT2D eigenvalue weighted by Gasteiger charge is -2.15. The lowest BCUT2D eigenvalue weighted by molar-refractivity contribution is -0.117. The van der Waals surface area contributed by atoms with Crippen LogP contribution in [0.3, 0.4) is 0 Å². The molecule has 3 rings (SSSR count). The molecular weight excluding hydrogens is 305 g/mol. The minimum Gasteiger partial charge on any atom is -0.326 e. The molecule has 1 heterocycles. The Bertz CT molecular complexity index is 796. The molecule has 1 amide bonds. The van der Waals surface area contributed by atoms with Crippen LogP contribution >= 0.6 is 0 Å². The molecule has 2 N–H and O–H groups in total. The van der Waals surface area contributed by atoms with E-state index >= 15 is 0 Å². The fourth-order valence-corrected chi connectivity index (χ4v) is 2.65. The van der Waals surface area contributed by atoms with Crippen molar-refractivity contribution >= 4 is 11.6 Å². The quantitative estimate of drug-likeness (QED) is 0.733. The van der Waals surface area contributed by atoms with Gasteiger partial charge in [0.1, 0.15) is 5.82 Å². The Balaban J connectivity index is 1.72. The number of H-pyrrole nitrogens is 1. The van der Waals surface area contributed by atoms with Crippen molar-refractivity contribution < 1.29 is 9.18 Å². The highest BCUT2D eigenvalue weighted by Crippen LogP contribution is 2.24. The van der Waals surface area contributed by atoms with Gasteiger partial charge in [-0.05, 0) is 41.8 Å². The number of aromatic amines is 1. The van der Waals surface area contributed by atoms with Crippen LogP contribution in [-0.4, -0.2) is 16.1 Å². The molecule has 0 saturated heterocycles. The van der Waals surface area contributed by atoms with Gasteiger partial charge in [0.25, 0.3) is 0 Å². The Morgan fingerprint density at radius 2 is 1.83 bits per heavy atom. The average Bonchev–Trinajstić information content (AvgIpc) is 3.12. The maximum absolute atomic E-state index is 13.0. The van der Waals surface area contributed by atoms with E-state index in [0.717, 1.165) is 22.4 Å². The first kappa shape index (κ1) is 15.9. The van der Waals surface area contributed by atoms with Crippen molar-refractivity contribution in [3.63, 3.8) is 0 Å². The normalized spacial score (nSPS) is 11.9. The molecule has 2 aromatic carbocycles. The van der Waals surface area contributed by atoms with Crippen molar-refractivity contribution in [2.45, 2.75) is 19.3 Å².